The molecular formula is C62H40N2. The van der Waals surface area contributed by atoms with E-state index in [4.69, 9.17) is 0 Å². The molecule has 1 aliphatic rings. The normalized spacial score (nSPS) is 11.8. The maximum Gasteiger partial charge on any atom is 0.0541 e. The minimum Gasteiger partial charge on any atom is -0.310 e. The molecule has 2 heteroatoms. The van der Waals surface area contributed by atoms with Crippen LogP contribution in [-0.2, 0) is 0 Å². The Morgan fingerprint density at radius 2 is 0.672 bits per heavy atom. The third-order valence-corrected chi connectivity index (χ3v) is 13.3. The zero-order valence-electron chi connectivity index (χ0n) is 35.0. The lowest BCUT2D eigenvalue weighted by Gasteiger charge is -2.28. The van der Waals surface area contributed by atoms with Gasteiger partial charge in [-0.3, -0.25) is 0 Å². The number of hydrogen-bond donors (Lipinski definition) is 0. The van der Waals surface area contributed by atoms with Crippen molar-refractivity contribution in [3.8, 4) is 61.3 Å². The summed E-state index contributed by atoms with van der Waals surface area (Å²) in [4.78, 5) is 2.39. The van der Waals surface area contributed by atoms with E-state index in [-0.39, 0.29) is 0 Å². The summed E-state index contributed by atoms with van der Waals surface area (Å²) in [6, 6.07) is 88.9. The average Bonchev–Trinajstić information content (AvgIpc) is 3.70. The standard InChI is InChI=1S/C62H40N2/c1-4-12-41(13-5-1)43-22-28-52(29-23-43)63(53-30-24-44(25-31-53)46-27-33-62-60(38-46)55-18-10-11-19-61(55)64(62)51-16-8-3-9-17-51)54-32-26-48-37-57-58-39-49-34-45(42-14-6-2-7-15-42)20-21-47(49)36-56(58)59(57)40-50(48)35-54/h1-40H. The Kier molecular flexibility index (Phi) is 8.25. The van der Waals surface area contributed by atoms with E-state index < -0.39 is 0 Å². The molecule has 1 aliphatic carbocycles. The summed E-state index contributed by atoms with van der Waals surface area (Å²) in [6.07, 6.45) is 0. The highest BCUT2D eigenvalue weighted by molar-refractivity contribution is 6.13. The number of anilines is 3. The van der Waals surface area contributed by atoms with Crippen LogP contribution in [0.4, 0.5) is 17.1 Å². The van der Waals surface area contributed by atoms with E-state index in [9.17, 15) is 0 Å². The third kappa shape index (κ3) is 5.95. The average molecular weight is 813 g/mol. The number of rotatable bonds is 7. The molecule has 0 N–H and O–H groups in total. The lowest BCUT2D eigenvalue weighted by atomic mass is 9.77. The van der Waals surface area contributed by atoms with E-state index in [1.807, 2.05) is 0 Å². The Morgan fingerprint density at radius 1 is 0.250 bits per heavy atom. The van der Waals surface area contributed by atoms with Gasteiger partial charge >= 0.3 is 0 Å². The second kappa shape index (κ2) is 14.6. The summed E-state index contributed by atoms with van der Waals surface area (Å²) in [5, 5.41) is 7.52. The second-order valence-corrected chi connectivity index (χ2v) is 17.0. The fraction of sp³-hybridized carbons (Fsp3) is 0. The fourth-order valence-electron chi connectivity index (χ4n) is 10.1. The lowest BCUT2D eigenvalue weighted by molar-refractivity contribution is 1.18. The maximum absolute atomic E-state index is 2.39. The van der Waals surface area contributed by atoms with Crippen molar-refractivity contribution in [1.29, 1.82) is 0 Å². The van der Waals surface area contributed by atoms with Crippen molar-refractivity contribution >= 4 is 60.4 Å². The van der Waals surface area contributed by atoms with Crippen LogP contribution in [-0.4, -0.2) is 4.57 Å². The lowest BCUT2D eigenvalue weighted by Crippen LogP contribution is -2.10. The molecule has 1 aromatic heterocycles. The maximum atomic E-state index is 2.39. The summed E-state index contributed by atoms with van der Waals surface area (Å²) >= 11 is 0. The molecule has 0 atom stereocenters. The molecule has 0 aliphatic heterocycles. The van der Waals surface area contributed by atoms with E-state index in [0.29, 0.717) is 0 Å². The topological polar surface area (TPSA) is 8.17 Å². The van der Waals surface area contributed by atoms with Crippen molar-refractivity contribution in [3.05, 3.63) is 243 Å². The van der Waals surface area contributed by atoms with E-state index in [2.05, 4.69) is 252 Å². The summed E-state index contributed by atoms with van der Waals surface area (Å²) in [5.41, 5.74) is 19.5. The monoisotopic (exact) mass is 812 g/mol. The van der Waals surface area contributed by atoms with Gasteiger partial charge in [0.1, 0.15) is 0 Å². The molecule has 12 aromatic rings. The number of aromatic nitrogens is 1. The number of fused-ring (bicyclic) bond motifs is 9. The highest BCUT2D eigenvalue weighted by atomic mass is 15.1. The molecule has 0 saturated heterocycles. The molecule has 2 nitrogen and oxygen atoms in total. The Hall–Kier alpha value is -8.46. The van der Waals surface area contributed by atoms with Crippen LogP contribution < -0.4 is 4.90 Å². The smallest absolute Gasteiger partial charge is 0.0541 e. The van der Waals surface area contributed by atoms with Crippen LogP contribution in [0.3, 0.4) is 0 Å². The quantitative estimate of drug-likeness (QED) is 0.156. The Bertz CT molecular complexity index is 3740. The van der Waals surface area contributed by atoms with Gasteiger partial charge < -0.3 is 9.47 Å². The molecule has 0 saturated carbocycles. The van der Waals surface area contributed by atoms with Crippen LogP contribution in [0.1, 0.15) is 0 Å². The van der Waals surface area contributed by atoms with E-state index in [1.54, 1.807) is 0 Å². The van der Waals surface area contributed by atoms with Gasteiger partial charge in [-0.05, 0) is 174 Å². The largest absolute Gasteiger partial charge is 0.310 e. The van der Waals surface area contributed by atoms with Gasteiger partial charge in [0.15, 0.2) is 0 Å². The highest BCUT2D eigenvalue weighted by Crippen LogP contribution is 2.51. The van der Waals surface area contributed by atoms with Gasteiger partial charge in [0.05, 0.1) is 11.0 Å². The van der Waals surface area contributed by atoms with Gasteiger partial charge in [0.2, 0.25) is 0 Å². The number of para-hydroxylation sites is 2. The molecule has 11 aromatic carbocycles. The number of nitrogens with zero attached hydrogens (tertiary/aromatic N) is 2. The minimum atomic E-state index is 1.10. The second-order valence-electron chi connectivity index (χ2n) is 17.0. The van der Waals surface area contributed by atoms with E-state index in [1.165, 1.54) is 105 Å². The van der Waals surface area contributed by atoms with E-state index in [0.717, 1.165) is 17.1 Å². The summed E-state index contributed by atoms with van der Waals surface area (Å²) in [7, 11) is 0. The Balaban J connectivity index is 0.881. The molecule has 0 unspecified atom stereocenters. The van der Waals surface area contributed by atoms with Crippen molar-refractivity contribution in [1.82, 2.24) is 4.57 Å². The molecule has 0 bridgehead atoms. The van der Waals surface area contributed by atoms with Crippen molar-refractivity contribution in [2.45, 2.75) is 0 Å². The SMILES string of the molecule is c1ccc(-c2ccc(N(c3ccc(-c4ccc5c(c4)c4ccccc4n5-c4ccccc4)cc3)c3ccc4cc5c(cc4c3)-c3cc4ccc(-c6ccccc6)cc4cc3-5)cc2)cc1. The predicted octanol–water partition coefficient (Wildman–Crippen LogP) is 17.2. The van der Waals surface area contributed by atoms with Crippen LogP contribution >= 0.6 is 0 Å². The van der Waals surface area contributed by atoms with Crippen molar-refractivity contribution in [2.24, 2.45) is 0 Å². The van der Waals surface area contributed by atoms with Gasteiger partial charge in [-0.2, -0.15) is 0 Å². The van der Waals surface area contributed by atoms with Crippen LogP contribution in [0, 0.1) is 0 Å². The molecule has 64 heavy (non-hydrogen) atoms. The third-order valence-electron chi connectivity index (χ3n) is 13.3. The molecule has 0 radical (unpaired) electrons. The van der Waals surface area contributed by atoms with Crippen molar-refractivity contribution < 1.29 is 0 Å². The molecule has 0 fully saturated rings. The molecule has 1 heterocycles. The molecule has 0 spiro atoms. The molecule has 298 valence electrons. The summed E-state index contributed by atoms with van der Waals surface area (Å²) in [5.74, 6) is 0. The fourth-order valence-corrected chi connectivity index (χ4v) is 10.1. The number of hydrogen-bond acceptors (Lipinski definition) is 1. The first kappa shape index (κ1) is 36.2. The van der Waals surface area contributed by atoms with Crippen LogP contribution in [0.15, 0.2) is 243 Å². The molecular weight excluding hydrogens is 773 g/mol. The number of benzene rings is 11. The van der Waals surface area contributed by atoms with Gasteiger partial charge in [0, 0.05) is 33.5 Å². The van der Waals surface area contributed by atoms with Crippen molar-refractivity contribution in [3.63, 3.8) is 0 Å². The highest BCUT2D eigenvalue weighted by Gasteiger charge is 2.25. The molecule has 0 amide bonds. The first-order valence-corrected chi connectivity index (χ1v) is 22.1. The summed E-state index contributed by atoms with van der Waals surface area (Å²) in [6.45, 7) is 0. The van der Waals surface area contributed by atoms with Gasteiger partial charge in [-0.15, -0.1) is 0 Å². The molecule has 13 rings (SSSR count). The first-order chi connectivity index (χ1) is 31.7. The van der Waals surface area contributed by atoms with E-state index >= 15 is 0 Å². The van der Waals surface area contributed by atoms with Gasteiger partial charge in [-0.25, -0.2) is 0 Å². The zero-order valence-corrected chi connectivity index (χ0v) is 35.0. The van der Waals surface area contributed by atoms with Crippen molar-refractivity contribution in [2.75, 3.05) is 4.90 Å². The minimum absolute atomic E-state index is 1.10. The Labute approximate surface area is 372 Å². The van der Waals surface area contributed by atoms with Gasteiger partial charge in [0.25, 0.3) is 0 Å². The van der Waals surface area contributed by atoms with Gasteiger partial charge in [-0.1, -0.05) is 146 Å². The van der Waals surface area contributed by atoms with Crippen LogP contribution in [0.2, 0.25) is 0 Å². The zero-order chi connectivity index (χ0) is 42.1. The van der Waals surface area contributed by atoms with Crippen LogP contribution in [0.5, 0.6) is 0 Å². The Morgan fingerprint density at radius 3 is 1.31 bits per heavy atom. The summed E-state index contributed by atoms with van der Waals surface area (Å²) < 4.78 is 2.37. The van der Waals surface area contributed by atoms with Crippen LogP contribution in [0.25, 0.3) is 105 Å². The predicted molar refractivity (Wildman–Crippen MR) is 271 cm³/mol. The first-order valence-electron chi connectivity index (χ1n) is 22.1.